The van der Waals surface area contributed by atoms with Gasteiger partial charge in [-0.25, -0.2) is 4.79 Å². The molecule has 1 unspecified atom stereocenters. The third-order valence-corrected chi connectivity index (χ3v) is 1.29. The monoisotopic (exact) mass is 153 g/mol. The number of carbonyl (C=O) groups is 2. The quantitative estimate of drug-likeness (QED) is 0.383. The van der Waals surface area contributed by atoms with E-state index in [0.29, 0.717) is 12.8 Å². The molecule has 0 radical (unpaired) electrons. The number of carboxylic acid groups (broad SMARTS) is 1. The molecule has 1 aliphatic rings. The van der Waals surface area contributed by atoms with E-state index in [1.165, 1.54) is 0 Å². The van der Waals surface area contributed by atoms with Crippen LogP contribution in [-0.2, 0) is 9.59 Å². The summed E-state index contributed by atoms with van der Waals surface area (Å²) in [6, 6.07) is -0.641. The van der Waals surface area contributed by atoms with Crippen LogP contribution in [-0.4, -0.2) is 23.0 Å². The maximum absolute atomic E-state index is 10.4. The smallest absolute Gasteiger partial charge is 1.00 e. The molecular weight excluding hydrogens is 145 g/mol. The van der Waals surface area contributed by atoms with Crippen molar-refractivity contribution in [2.75, 3.05) is 0 Å². The topological polar surface area (TPSA) is 66.4 Å². The Kier molecular flexibility index (Phi) is 3.93. The molecular formula is C5H8NNaO3. The van der Waals surface area contributed by atoms with Crippen molar-refractivity contribution < 1.29 is 45.7 Å². The average Bonchev–Trinajstić information content (AvgIpc) is 2.14. The van der Waals surface area contributed by atoms with E-state index in [4.69, 9.17) is 5.11 Å². The largest absolute Gasteiger partial charge is 1.00 e. The Bertz CT molecular complexity index is 164. The molecule has 2 N–H and O–H groups in total. The zero-order chi connectivity index (χ0) is 6.85. The van der Waals surface area contributed by atoms with Crippen molar-refractivity contribution in [3.63, 3.8) is 0 Å². The van der Waals surface area contributed by atoms with Crippen LogP contribution in [0.5, 0.6) is 0 Å². The molecule has 0 aromatic heterocycles. The molecule has 1 fully saturated rings. The van der Waals surface area contributed by atoms with E-state index in [1.807, 2.05) is 0 Å². The molecule has 1 heterocycles. The first-order chi connectivity index (χ1) is 4.20. The van der Waals surface area contributed by atoms with Gasteiger partial charge < -0.3 is 11.8 Å². The minimum absolute atomic E-state index is 0. The summed E-state index contributed by atoms with van der Waals surface area (Å²) in [5.41, 5.74) is 0. The summed E-state index contributed by atoms with van der Waals surface area (Å²) in [5.74, 6) is -1.11. The zero-order valence-corrected chi connectivity index (χ0v) is 7.76. The number of hydrogen-bond donors (Lipinski definition) is 2. The Morgan fingerprint density at radius 3 is 2.60 bits per heavy atom. The van der Waals surface area contributed by atoms with Gasteiger partial charge in [0.05, 0.1) is 0 Å². The maximum atomic E-state index is 10.4. The van der Waals surface area contributed by atoms with Crippen LogP contribution in [0.3, 0.4) is 0 Å². The first kappa shape index (κ1) is 9.94. The third kappa shape index (κ3) is 2.28. The molecule has 0 aliphatic carbocycles. The summed E-state index contributed by atoms with van der Waals surface area (Å²) >= 11 is 0. The number of rotatable bonds is 1. The van der Waals surface area contributed by atoms with Crippen LogP contribution in [0, 0.1) is 0 Å². The van der Waals surface area contributed by atoms with Crippen LogP contribution in [0.15, 0.2) is 0 Å². The normalized spacial score (nSPS) is 23.2. The number of nitrogens with one attached hydrogen (secondary N) is 1. The Balaban J connectivity index is 0. The molecule has 0 bridgehead atoms. The Morgan fingerprint density at radius 2 is 2.40 bits per heavy atom. The molecule has 0 saturated carbocycles. The van der Waals surface area contributed by atoms with Crippen molar-refractivity contribution in [3.8, 4) is 0 Å². The van der Waals surface area contributed by atoms with Crippen molar-refractivity contribution in [3.05, 3.63) is 0 Å². The number of carboxylic acids is 1. The fraction of sp³-hybridized carbons (Fsp3) is 0.600. The van der Waals surface area contributed by atoms with Gasteiger partial charge in [-0.2, -0.15) is 0 Å². The van der Waals surface area contributed by atoms with Crippen molar-refractivity contribution in [1.29, 1.82) is 0 Å². The maximum Gasteiger partial charge on any atom is 1.00 e. The van der Waals surface area contributed by atoms with E-state index in [-0.39, 0.29) is 36.9 Å². The summed E-state index contributed by atoms with van der Waals surface area (Å²) in [7, 11) is 0. The zero-order valence-electron chi connectivity index (χ0n) is 6.76. The molecule has 1 atom stereocenters. The number of aliphatic carboxylic acids is 1. The number of amides is 1. The van der Waals surface area contributed by atoms with Crippen LogP contribution >= 0.6 is 0 Å². The van der Waals surface area contributed by atoms with Crippen LogP contribution in [0.25, 0.3) is 0 Å². The van der Waals surface area contributed by atoms with Gasteiger partial charge in [0.1, 0.15) is 6.04 Å². The molecule has 0 spiro atoms. The Hall–Kier alpha value is -0.0600. The summed E-state index contributed by atoms with van der Waals surface area (Å²) in [6.45, 7) is 0. The molecule has 1 rings (SSSR count). The second-order valence-electron chi connectivity index (χ2n) is 2.00. The summed E-state index contributed by atoms with van der Waals surface area (Å²) in [5, 5.41) is 10.6. The molecule has 0 aromatic rings. The molecule has 1 aliphatic heterocycles. The fourth-order valence-electron chi connectivity index (χ4n) is 0.799. The SMILES string of the molecule is O=C1CCC(C(=O)O)N1.[H-].[Na+]. The van der Waals surface area contributed by atoms with Crippen molar-refractivity contribution >= 4 is 11.9 Å². The first-order valence-corrected chi connectivity index (χ1v) is 2.72. The molecule has 1 amide bonds. The van der Waals surface area contributed by atoms with Crippen molar-refractivity contribution in [2.24, 2.45) is 0 Å². The van der Waals surface area contributed by atoms with E-state index in [0.717, 1.165) is 0 Å². The Labute approximate surface area is 81.8 Å². The van der Waals surface area contributed by atoms with Gasteiger partial charge in [0.25, 0.3) is 0 Å². The van der Waals surface area contributed by atoms with Gasteiger partial charge in [-0.1, -0.05) is 0 Å². The van der Waals surface area contributed by atoms with Crippen LogP contribution in [0.1, 0.15) is 14.3 Å². The number of carbonyl (C=O) groups excluding carboxylic acids is 1. The molecule has 5 heteroatoms. The summed E-state index contributed by atoms with van der Waals surface area (Å²) < 4.78 is 0. The second kappa shape index (κ2) is 3.95. The van der Waals surface area contributed by atoms with Gasteiger partial charge in [0, 0.05) is 6.42 Å². The predicted molar refractivity (Wildman–Crippen MR) is 29.9 cm³/mol. The van der Waals surface area contributed by atoms with Gasteiger partial charge in [0.15, 0.2) is 0 Å². The van der Waals surface area contributed by atoms with Gasteiger partial charge in [-0.3, -0.25) is 4.79 Å². The van der Waals surface area contributed by atoms with Gasteiger partial charge in [0.2, 0.25) is 5.91 Å². The van der Waals surface area contributed by atoms with E-state index in [2.05, 4.69) is 5.32 Å². The average molecular weight is 153 g/mol. The second-order valence-corrected chi connectivity index (χ2v) is 2.00. The van der Waals surface area contributed by atoms with Crippen LogP contribution < -0.4 is 34.9 Å². The third-order valence-electron chi connectivity index (χ3n) is 1.29. The molecule has 10 heavy (non-hydrogen) atoms. The van der Waals surface area contributed by atoms with Gasteiger partial charge in [-0.05, 0) is 6.42 Å². The van der Waals surface area contributed by atoms with Crippen molar-refractivity contribution in [2.45, 2.75) is 18.9 Å². The molecule has 52 valence electrons. The van der Waals surface area contributed by atoms with Crippen LogP contribution in [0.4, 0.5) is 0 Å². The van der Waals surface area contributed by atoms with E-state index in [1.54, 1.807) is 0 Å². The van der Waals surface area contributed by atoms with E-state index < -0.39 is 12.0 Å². The predicted octanol–water partition coefficient (Wildman–Crippen LogP) is -3.53. The molecule has 0 aromatic carbocycles. The Morgan fingerprint density at radius 1 is 1.80 bits per heavy atom. The fourth-order valence-corrected chi connectivity index (χ4v) is 0.799. The minimum Gasteiger partial charge on any atom is -1.00 e. The van der Waals surface area contributed by atoms with Gasteiger partial charge >= 0.3 is 35.5 Å². The summed E-state index contributed by atoms with van der Waals surface area (Å²) in [6.07, 6.45) is 0.769. The van der Waals surface area contributed by atoms with Crippen LogP contribution in [0.2, 0.25) is 0 Å². The van der Waals surface area contributed by atoms with Crippen molar-refractivity contribution in [1.82, 2.24) is 5.32 Å². The molecule has 4 nitrogen and oxygen atoms in total. The molecule has 1 saturated heterocycles. The van der Waals surface area contributed by atoms with E-state index in [9.17, 15) is 9.59 Å². The number of hydrogen-bond acceptors (Lipinski definition) is 2. The minimum atomic E-state index is -0.944. The standard InChI is InChI=1S/C5H7NO3.Na.H/c7-4-2-1-3(6-4)5(8)9;;/h3H,1-2H2,(H,6,7)(H,8,9);;/q;+1;-1. The summed E-state index contributed by atoms with van der Waals surface area (Å²) in [4.78, 5) is 20.5. The van der Waals surface area contributed by atoms with Gasteiger partial charge in [-0.15, -0.1) is 0 Å². The van der Waals surface area contributed by atoms with E-state index >= 15 is 0 Å². The first-order valence-electron chi connectivity index (χ1n) is 2.72.